The smallest absolute Gasteiger partial charge is 0.0468 e. The molecule has 0 aromatic carbocycles. The summed E-state index contributed by atoms with van der Waals surface area (Å²) in [5.41, 5.74) is 4.04. The summed E-state index contributed by atoms with van der Waals surface area (Å²) < 4.78 is 0. The normalized spacial score (nSPS) is 15.9. The highest BCUT2D eigenvalue weighted by Crippen LogP contribution is 2.35. The second-order valence-corrected chi connectivity index (χ2v) is 7.49. The van der Waals surface area contributed by atoms with Crippen LogP contribution in [-0.4, -0.2) is 17.8 Å². The SMILES string of the molecule is CNC(Cc1ncccc1C)c1cc2c(s1)CCSC2. The number of aryl methyl sites for hydroxylation is 2. The summed E-state index contributed by atoms with van der Waals surface area (Å²) in [6.07, 6.45) is 4.10. The van der Waals surface area contributed by atoms with Crippen LogP contribution in [0.2, 0.25) is 0 Å². The van der Waals surface area contributed by atoms with Gasteiger partial charge in [-0.2, -0.15) is 11.8 Å². The number of thioether (sulfide) groups is 1. The zero-order valence-electron chi connectivity index (χ0n) is 12.0. The van der Waals surface area contributed by atoms with Crippen molar-refractivity contribution in [2.75, 3.05) is 12.8 Å². The summed E-state index contributed by atoms with van der Waals surface area (Å²) in [5, 5.41) is 3.47. The molecule has 106 valence electrons. The Morgan fingerprint density at radius 1 is 1.45 bits per heavy atom. The standard InChI is InChI=1S/C16H20N2S2/c1-11-4-3-6-18-13(11)9-14(17-2)16-8-12-10-19-7-5-15(12)20-16/h3-4,6,8,14,17H,5,7,9-10H2,1-2H3. The molecule has 0 spiro atoms. The molecule has 1 unspecified atom stereocenters. The summed E-state index contributed by atoms with van der Waals surface area (Å²) in [6.45, 7) is 2.14. The first-order valence-corrected chi connectivity index (χ1v) is 9.02. The molecule has 3 heterocycles. The fourth-order valence-electron chi connectivity index (χ4n) is 2.61. The fourth-order valence-corrected chi connectivity index (χ4v) is 5.10. The molecule has 0 saturated carbocycles. The lowest BCUT2D eigenvalue weighted by Gasteiger charge is -2.15. The van der Waals surface area contributed by atoms with E-state index in [1.54, 1.807) is 10.4 Å². The number of likely N-dealkylation sites (N-methyl/N-ethyl adjacent to an activating group) is 1. The largest absolute Gasteiger partial charge is 0.312 e. The van der Waals surface area contributed by atoms with Crippen LogP contribution >= 0.6 is 23.1 Å². The van der Waals surface area contributed by atoms with Crippen LogP contribution < -0.4 is 5.32 Å². The molecule has 1 atom stereocenters. The third-order valence-corrected chi connectivity index (χ3v) is 6.21. The lowest BCUT2D eigenvalue weighted by Crippen LogP contribution is -2.18. The third kappa shape index (κ3) is 2.92. The van der Waals surface area contributed by atoms with E-state index in [-0.39, 0.29) is 0 Å². The van der Waals surface area contributed by atoms with Crippen molar-refractivity contribution in [3.05, 3.63) is 51.0 Å². The van der Waals surface area contributed by atoms with Crippen LogP contribution in [0.15, 0.2) is 24.4 Å². The van der Waals surface area contributed by atoms with Crippen LogP contribution in [0.1, 0.15) is 32.6 Å². The number of thiophene rings is 1. The van der Waals surface area contributed by atoms with Gasteiger partial charge in [0.2, 0.25) is 0 Å². The van der Waals surface area contributed by atoms with Crippen molar-refractivity contribution in [1.82, 2.24) is 10.3 Å². The second kappa shape index (κ2) is 6.29. The molecular formula is C16H20N2S2. The van der Waals surface area contributed by atoms with Gasteiger partial charge in [0.05, 0.1) is 0 Å². The molecular weight excluding hydrogens is 284 g/mol. The number of hydrogen-bond acceptors (Lipinski definition) is 4. The number of nitrogens with zero attached hydrogens (tertiary/aromatic N) is 1. The first-order chi connectivity index (χ1) is 9.78. The van der Waals surface area contributed by atoms with Crippen molar-refractivity contribution in [2.24, 2.45) is 0 Å². The van der Waals surface area contributed by atoms with Gasteiger partial charge in [-0.15, -0.1) is 11.3 Å². The van der Waals surface area contributed by atoms with Gasteiger partial charge in [0, 0.05) is 39.9 Å². The van der Waals surface area contributed by atoms with Gasteiger partial charge in [0.15, 0.2) is 0 Å². The van der Waals surface area contributed by atoms with Crippen molar-refractivity contribution in [3.63, 3.8) is 0 Å². The average Bonchev–Trinajstić information content (AvgIpc) is 2.90. The minimum absolute atomic E-state index is 0.379. The molecule has 0 bridgehead atoms. The minimum atomic E-state index is 0.379. The van der Waals surface area contributed by atoms with E-state index >= 15 is 0 Å². The first-order valence-electron chi connectivity index (χ1n) is 7.05. The molecule has 1 aliphatic heterocycles. The zero-order chi connectivity index (χ0) is 13.9. The van der Waals surface area contributed by atoms with Gasteiger partial charge >= 0.3 is 0 Å². The maximum Gasteiger partial charge on any atom is 0.0468 e. The maximum atomic E-state index is 4.53. The van der Waals surface area contributed by atoms with Crippen LogP contribution in [0.5, 0.6) is 0 Å². The molecule has 1 N–H and O–H groups in total. The molecule has 20 heavy (non-hydrogen) atoms. The summed E-state index contributed by atoms with van der Waals surface area (Å²) in [4.78, 5) is 7.59. The highest BCUT2D eigenvalue weighted by Gasteiger charge is 2.19. The van der Waals surface area contributed by atoms with Crippen molar-refractivity contribution < 1.29 is 0 Å². The van der Waals surface area contributed by atoms with Crippen molar-refractivity contribution in [2.45, 2.75) is 31.6 Å². The number of aromatic nitrogens is 1. The number of pyridine rings is 1. The Kier molecular flexibility index (Phi) is 4.44. The Morgan fingerprint density at radius 2 is 2.35 bits per heavy atom. The zero-order valence-corrected chi connectivity index (χ0v) is 13.6. The number of hydrogen-bond donors (Lipinski definition) is 1. The molecule has 0 amide bonds. The van der Waals surface area contributed by atoms with E-state index < -0.39 is 0 Å². The Balaban J connectivity index is 1.83. The molecule has 2 nitrogen and oxygen atoms in total. The van der Waals surface area contributed by atoms with E-state index in [0.717, 1.165) is 6.42 Å². The van der Waals surface area contributed by atoms with Gasteiger partial charge in [-0.05, 0) is 49.4 Å². The second-order valence-electron chi connectivity index (χ2n) is 5.21. The Labute approximate surface area is 129 Å². The molecule has 3 rings (SSSR count). The monoisotopic (exact) mass is 304 g/mol. The molecule has 0 saturated heterocycles. The maximum absolute atomic E-state index is 4.53. The van der Waals surface area contributed by atoms with Gasteiger partial charge in [-0.1, -0.05) is 6.07 Å². The van der Waals surface area contributed by atoms with Crippen molar-refractivity contribution >= 4 is 23.1 Å². The highest BCUT2D eigenvalue weighted by atomic mass is 32.2. The Morgan fingerprint density at radius 3 is 3.10 bits per heavy atom. The predicted octanol–water partition coefficient (Wildman–Crippen LogP) is 3.74. The minimum Gasteiger partial charge on any atom is -0.312 e. The van der Waals surface area contributed by atoms with E-state index in [4.69, 9.17) is 0 Å². The van der Waals surface area contributed by atoms with Gasteiger partial charge in [0.1, 0.15) is 0 Å². The van der Waals surface area contributed by atoms with Gasteiger partial charge in [0.25, 0.3) is 0 Å². The molecule has 4 heteroatoms. The van der Waals surface area contributed by atoms with Gasteiger partial charge < -0.3 is 5.32 Å². The quantitative estimate of drug-likeness (QED) is 0.931. The third-order valence-electron chi connectivity index (χ3n) is 3.85. The van der Waals surface area contributed by atoms with E-state index in [1.165, 1.54) is 34.1 Å². The summed E-state index contributed by atoms with van der Waals surface area (Å²) in [5.74, 6) is 2.46. The van der Waals surface area contributed by atoms with E-state index in [1.807, 2.05) is 23.6 Å². The summed E-state index contributed by atoms with van der Waals surface area (Å²) in [6, 6.07) is 6.94. The predicted molar refractivity (Wildman–Crippen MR) is 88.7 cm³/mol. The first kappa shape index (κ1) is 14.1. The van der Waals surface area contributed by atoms with E-state index in [2.05, 4.69) is 48.2 Å². The fraction of sp³-hybridized carbons (Fsp3) is 0.438. The van der Waals surface area contributed by atoms with Crippen LogP contribution in [-0.2, 0) is 18.6 Å². The van der Waals surface area contributed by atoms with Crippen molar-refractivity contribution in [3.8, 4) is 0 Å². The topological polar surface area (TPSA) is 24.9 Å². The van der Waals surface area contributed by atoms with Crippen LogP contribution in [0, 0.1) is 6.92 Å². The number of fused-ring (bicyclic) bond motifs is 1. The average molecular weight is 304 g/mol. The Bertz CT molecular complexity index is 568. The number of nitrogens with one attached hydrogen (secondary N) is 1. The lowest BCUT2D eigenvalue weighted by atomic mass is 10.1. The summed E-state index contributed by atoms with van der Waals surface area (Å²) in [7, 11) is 2.05. The van der Waals surface area contributed by atoms with E-state index in [9.17, 15) is 0 Å². The molecule has 0 radical (unpaired) electrons. The number of rotatable bonds is 4. The summed E-state index contributed by atoms with van der Waals surface area (Å²) >= 11 is 4.04. The molecule has 0 fully saturated rings. The van der Waals surface area contributed by atoms with Gasteiger partial charge in [-0.3, -0.25) is 4.98 Å². The lowest BCUT2D eigenvalue weighted by molar-refractivity contribution is 0.592. The molecule has 0 aliphatic carbocycles. The highest BCUT2D eigenvalue weighted by molar-refractivity contribution is 7.98. The Hall–Kier alpha value is -0.840. The molecule has 2 aromatic heterocycles. The molecule has 2 aromatic rings. The van der Waals surface area contributed by atoms with Crippen molar-refractivity contribution in [1.29, 1.82) is 0 Å². The van der Waals surface area contributed by atoms with E-state index in [0.29, 0.717) is 6.04 Å². The van der Waals surface area contributed by atoms with Crippen LogP contribution in [0.25, 0.3) is 0 Å². The van der Waals surface area contributed by atoms with Crippen LogP contribution in [0.3, 0.4) is 0 Å². The van der Waals surface area contributed by atoms with Gasteiger partial charge in [-0.25, -0.2) is 0 Å². The molecule has 1 aliphatic rings. The van der Waals surface area contributed by atoms with Crippen LogP contribution in [0.4, 0.5) is 0 Å².